The molecule has 2 aliphatic rings. The Morgan fingerprint density at radius 1 is 0.956 bits per heavy atom. The number of aromatic nitrogens is 5. The van der Waals surface area contributed by atoms with Gasteiger partial charge in [-0.25, -0.2) is 26.5 Å². The predicted octanol–water partition coefficient (Wildman–Crippen LogP) is 4.13. The summed E-state index contributed by atoms with van der Waals surface area (Å²) in [5.74, 6) is -0.0125. The number of aromatic amines is 1. The molecule has 0 radical (unpaired) electrons. The predicted molar refractivity (Wildman–Crippen MR) is 170 cm³/mol. The number of piperidine rings is 1. The number of hydrogen-bond donors (Lipinski definition) is 1. The van der Waals surface area contributed by atoms with Crippen molar-refractivity contribution >= 4 is 42.8 Å². The van der Waals surface area contributed by atoms with Crippen LogP contribution in [-0.2, 0) is 26.6 Å². The highest BCUT2D eigenvalue weighted by molar-refractivity contribution is 7.89. The second-order valence-corrected chi connectivity index (χ2v) is 15.9. The number of fused-ring (bicyclic) bond motifs is 1. The number of H-pyrrole nitrogens is 1. The fraction of sp³-hybridized carbons (Fsp3) is 0.467. The van der Waals surface area contributed by atoms with E-state index in [1.54, 1.807) is 10.4 Å². The summed E-state index contributed by atoms with van der Waals surface area (Å²) in [5.41, 5.74) is 0.720. The minimum atomic E-state index is -3.95. The second kappa shape index (κ2) is 12.9. The van der Waals surface area contributed by atoms with E-state index >= 15 is 0 Å². The highest BCUT2D eigenvalue weighted by Crippen LogP contribution is 2.31. The Balaban J connectivity index is 1.22. The van der Waals surface area contributed by atoms with Crippen LogP contribution in [0.4, 0.5) is 0 Å². The molecule has 1 saturated carbocycles. The fourth-order valence-electron chi connectivity index (χ4n) is 6.42. The summed E-state index contributed by atoms with van der Waals surface area (Å²) < 4.78 is 58.8. The van der Waals surface area contributed by atoms with E-state index < -0.39 is 25.6 Å². The van der Waals surface area contributed by atoms with Crippen LogP contribution in [-0.4, -0.2) is 76.1 Å². The maximum Gasteiger partial charge on any atom is 0.281 e. The average molecular weight is 674 g/mol. The number of rotatable bonds is 9. The zero-order valence-electron chi connectivity index (χ0n) is 25.0. The van der Waals surface area contributed by atoms with Gasteiger partial charge in [-0.15, -0.1) is 5.10 Å². The summed E-state index contributed by atoms with van der Waals surface area (Å²) in [7, 11) is -7.71. The molecule has 240 valence electrons. The normalized spacial score (nSPS) is 19.0. The smallest absolute Gasteiger partial charge is 0.281 e. The van der Waals surface area contributed by atoms with E-state index in [0.29, 0.717) is 42.4 Å². The summed E-state index contributed by atoms with van der Waals surface area (Å²) in [4.78, 5) is 20.5. The average Bonchev–Trinajstić information content (AvgIpc) is 3.46. The molecule has 1 N–H and O–H groups in total. The first-order chi connectivity index (χ1) is 21.6. The molecule has 3 heterocycles. The lowest BCUT2D eigenvalue weighted by molar-refractivity contribution is 0.261. The standard InChI is InChI=1S/C30H36ClN7O5S2/c1-2-38(23-11-4-3-5-12-23)45(42,43)25-16-14-24(15-17-25)44(40,41)36-18-8-10-22(19-36)28-32-29-27(30(39)33-28)34-35-37(29)20-21-9-6-7-13-26(21)31/h6-7,9,13-17,22-23H,2-5,8,10-12,18-20H2,1H3,(H,32,33,39)/t22-/m0/s1. The molecule has 4 aromatic rings. The van der Waals surface area contributed by atoms with E-state index in [2.05, 4.69) is 20.3 Å². The van der Waals surface area contributed by atoms with Gasteiger partial charge >= 0.3 is 0 Å². The zero-order chi connectivity index (χ0) is 31.8. The summed E-state index contributed by atoms with van der Waals surface area (Å²) in [6.45, 7) is 2.86. The molecule has 2 fully saturated rings. The van der Waals surface area contributed by atoms with Gasteiger partial charge in [0, 0.05) is 36.6 Å². The molecule has 15 heteroatoms. The molecule has 6 rings (SSSR count). The summed E-state index contributed by atoms with van der Waals surface area (Å²) in [6.07, 6.45) is 5.98. The third kappa shape index (κ3) is 6.30. The number of hydrogen-bond acceptors (Lipinski definition) is 8. The van der Waals surface area contributed by atoms with E-state index in [-0.39, 0.29) is 40.4 Å². The Morgan fingerprint density at radius 2 is 1.67 bits per heavy atom. The van der Waals surface area contributed by atoms with Crippen LogP contribution in [0.3, 0.4) is 0 Å². The SMILES string of the molecule is CCN(C1CCCCC1)S(=O)(=O)c1ccc(S(=O)(=O)N2CCC[C@H](c3nc4c(nnn4Cc4ccccc4Cl)c(=O)[nH]3)C2)cc1. The molecular formula is C30H36ClN7O5S2. The van der Waals surface area contributed by atoms with Crippen molar-refractivity contribution in [1.82, 2.24) is 33.6 Å². The molecule has 1 aliphatic heterocycles. The lowest BCUT2D eigenvalue weighted by atomic mass is 9.95. The van der Waals surface area contributed by atoms with E-state index in [4.69, 9.17) is 11.6 Å². The quantitative estimate of drug-likeness (QED) is 0.279. The molecule has 1 atom stereocenters. The van der Waals surface area contributed by atoms with Crippen molar-refractivity contribution in [2.45, 2.75) is 80.2 Å². The summed E-state index contributed by atoms with van der Waals surface area (Å²) in [5, 5.41) is 8.67. The van der Waals surface area contributed by atoms with Crippen LogP contribution in [0.1, 0.15) is 69.2 Å². The van der Waals surface area contributed by atoms with Crippen molar-refractivity contribution < 1.29 is 16.8 Å². The van der Waals surface area contributed by atoms with Crippen LogP contribution < -0.4 is 5.56 Å². The third-order valence-corrected chi connectivity index (χ3v) is 13.1. The zero-order valence-corrected chi connectivity index (χ0v) is 27.4. The van der Waals surface area contributed by atoms with Crippen molar-refractivity contribution in [2.24, 2.45) is 0 Å². The van der Waals surface area contributed by atoms with E-state index in [0.717, 1.165) is 37.7 Å². The Bertz CT molecular complexity index is 1960. The Labute approximate surface area is 267 Å². The number of benzene rings is 2. The largest absolute Gasteiger partial charge is 0.308 e. The molecule has 0 amide bonds. The van der Waals surface area contributed by atoms with Crippen LogP contribution in [0.2, 0.25) is 5.02 Å². The Hall–Kier alpha value is -3.17. The molecule has 2 aromatic heterocycles. The first kappa shape index (κ1) is 31.8. The number of nitrogens with zero attached hydrogens (tertiary/aromatic N) is 6. The fourth-order valence-corrected chi connectivity index (χ4v) is 9.83. The number of halogens is 1. The van der Waals surface area contributed by atoms with Crippen molar-refractivity contribution in [3.63, 3.8) is 0 Å². The molecular weight excluding hydrogens is 638 g/mol. The van der Waals surface area contributed by atoms with Crippen LogP contribution in [0.15, 0.2) is 63.1 Å². The van der Waals surface area contributed by atoms with Gasteiger partial charge in [-0.1, -0.05) is 61.2 Å². The van der Waals surface area contributed by atoms with Gasteiger partial charge in [-0.05, 0) is 61.6 Å². The first-order valence-corrected chi connectivity index (χ1v) is 18.5. The van der Waals surface area contributed by atoms with E-state index in [1.807, 2.05) is 25.1 Å². The highest BCUT2D eigenvalue weighted by atomic mass is 35.5. The van der Waals surface area contributed by atoms with Crippen molar-refractivity contribution in [1.29, 1.82) is 0 Å². The van der Waals surface area contributed by atoms with Gasteiger partial charge in [0.15, 0.2) is 11.2 Å². The minimum absolute atomic E-state index is 0.0155. The van der Waals surface area contributed by atoms with Gasteiger partial charge in [0.1, 0.15) is 5.82 Å². The highest BCUT2D eigenvalue weighted by Gasteiger charge is 2.34. The second-order valence-electron chi connectivity index (χ2n) is 11.6. The Kier molecular flexibility index (Phi) is 9.12. The van der Waals surface area contributed by atoms with Gasteiger partial charge in [-0.3, -0.25) is 4.79 Å². The molecule has 1 aliphatic carbocycles. The Morgan fingerprint density at radius 3 is 2.38 bits per heavy atom. The molecule has 0 bridgehead atoms. The van der Waals surface area contributed by atoms with E-state index in [1.165, 1.54) is 33.3 Å². The van der Waals surface area contributed by atoms with E-state index in [9.17, 15) is 21.6 Å². The lowest BCUT2D eigenvalue weighted by Gasteiger charge is -2.33. The monoisotopic (exact) mass is 673 g/mol. The molecule has 45 heavy (non-hydrogen) atoms. The first-order valence-electron chi connectivity index (χ1n) is 15.3. The van der Waals surface area contributed by atoms with Gasteiger partial charge in [0.2, 0.25) is 20.0 Å². The van der Waals surface area contributed by atoms with Gasteiger partial charge in [0.25, 0.3) is 5.56 Å². The maximum atomic E-state index is 13.7. The van der Waals surface area contributed by atoms with Crippen LogP contribution in [0, 0.1) is 0 Å². The van der Waals surface area contributed by atoms with Crippen molar-refractivity contribution in [3.8, 4) is 0 Å². The molecule has 1 saturated heterocycles. The summed E-state index contributed by atoms with van der Waals surface area (Å²) >= 11 is 6.33. The van der Waals surface area contributed by atoms with Gasteiger partial charge < -0.3 is 4.98 Å². The summed E-state index contributed by atoms with van der Waals surface area (Å²) in [6, 6.07) is 12.8. The molecule has 12 nitrogen and oxygen atoms in total. The van der Waals surface area contributed by atoms with Crippen LogP contribution in [0.25, 0.3) is 11.2 Å². The van der Waals surface area contributed by atoms with Crippen LogP contribution in [0.5, 0.6) is 0 Å². The van der Waals surface area contributed by atoms with Crippen molar-refractivity contribution in [2.75, 3.05) is 19.6 Å². The minimum Gasteiger partial charge on any atom is -0.308 e. The van der Waals surface area contributed by atoms with Crippen LogP contribution >= 0.6 is 11.6 Å². The molecule has 0 spiro atoms. The third-order valence-electron chi connectivity index (χ3n) is 8.80. The van der Waals surface area contributed by atoms with Gasteiger partial charge in [-0.2, -0.15) is 8.61 Å². The topological polar surface area (TPSA) is 151 Å². The van der Waals surface area contributed by atoms with Gasteiger partial charge in [0.05, 0.1) is 16.3 Å². The maximum absolute atomic E-state index is 13.7. The number of sulfonamides is 2. The number of nitrogens with one attached hydrogen (secondary N) is 1. The van der Waals surface area contributed by atoms with Crippen molar-refractivity contribution in [3.05, 3.63) is 75.3 Å². The molecule has 2 aromatic carbocycles. The molecule has 0 unspecified atom stereocenters. The lowest BCUT2D eigenvalue weighted by Crippen LogP contribution is -2.41.